The van der Waals surface area contributed by atoms with E-state index in [-0.39, 0.29) is 0 Å². The van der Waals surface area contributed by atoms with Crippen LogP contribution in [0.15, 0.2) is 28.7 Å². The lowest BCUT2D eigenvalue weighted by Gasteiger charge is -2.07. The number of nitrogens with one attached hydrogen (secondary N) is 1. The molecule has 2 rings (SSSR count). The summed E-state index contributed by atoms with van der Waals surface area (Å²) in [6, 6.07) is 7.45. The molecule has 0 fully saturated rings. The highest BCUT2D eigenvalue weighted by molar-refractivity contribution is 9.10. The normalized spacial score (nSPS) is 10.2. The van der Waals surface area contributed by atoms with Crippen molar-refractivity contribution in [1.82, 2.24) is 9.97 Å². The van der Waals surface area contributed by atoms with E-state index >= 15 is 0 Å². The smallest absolute Gasteiger partial charge is 0.161 e. The van der Waals surface area contributed by atoms with Crippen LogP contribution in [-0.2, 0) is 0 Å². The largest absolute Gasteiger partial charge is 0.496 e. The highest BCUT2D eigenvalue weighted by Crippen LogP contribution is 2.29. The van der Waals surface area contributed by atoms with Crippen LogP contribution in [0.25, 0.3) is 11.4 Å². The van der Waals surface area contributed by atoms with Gasteiger partial charge in [0.25, 0.3) is 0 Å². The summed E-state index contributed by atoms with van der Waals surface area (Å²) in [6.45, 7) is 1.89. The van der Waals surface area contributed by atoms with E-state index in [1.807, 2.05) is 25.1 Å². The molecule has 0 amide bonds. The molecule has 6 heteroatoms. The van der Waals surface area contributed by atoms with Crippen molar-refractivity contribution in [2.45, 2.75) is 6.92 Å². The van der Waals surface area contributed by atoms with Crippen LogP contribution >= 0.6 is 15.9 Å². The van der Waals surface area contributed by atoms with E-state index in [1.54, 1.807) is 13.2 Å². The molecule has 2 aromatic rings. The number of aromatic nitrogens is 2. The number of nitrogens with zero attached hydrogens (tertiary/aromatic N) is 2. The number of methoxy groups -OCH3 is 1. The van der Waals surface area contributed by atoms with Gasteiger partial charge in [0.2, 0.25) is 0 Å². The SMILES string of the molecule is COc1ccc(-c2nc(C)cc(NN)n2)cc1Br. The summed E-state index contributed by atoms with van der Waals surface area (Å²) in [4.78, 5) is 8.69. The first-order valence-electron chi connectivity index (χ1n) is 5.30. The van der Waals surface area contributed by atoms with Gasteiger partial charge in [-0.1, -0.05) is 0 Å². The van der Waals surface area contributed by atoms with Crippen molar-refractivity contribution in [1.29, 1.82) is 0 Å². The van der Waals surface area contributed by atoms with Crippen molar-refractivity contribution in [2.24, 2.45) is 5.84 Å². The standard InChI is InChI=1S/C12H13BrN4O/c1-7-5-11(17-14)16-12(15-7)8-3-4-10(18-2)9(13)6-8/h3-6H,14H2,1-2H3,(H,15,16,17). The molecule has 0 atom stereocenters. The minimum Gasteiger partial charge on any atom is -0.496 e. The summed E-state index contributed by atoms with van der Waals surface area (Å²) < 4.78 is 6.04. The molecule has 0 aliphatic heterocycles. The van der Waals surface area contributed by atoms with Gasteiger partial charge >= 0.3 is 0 Å². The zero-order chi connectivity index (χ0) is 13.1. The van der Waals surface area contributed by atoms with E-state index in [0.717, 1.165) is 21.5 Å². The monoisotopic (exact) mass is 308 g/mol. The van der Waals surface area contributed by atoms with Gasteiger partial charge in [-0.3, -0.25) is 0 Å². The predicted molar refractivity (Wildman–Crippen MR) is 74.3 cm³/mol. The Balaban J connectivity index is 2.48. The van der Waals surface area contributed by atoms with E-state index in [1.165, 1.54) is 0 Å². The third-order valence-electron chi connectivity index (χ3n) is 2.41. The number of nitrogens with two attached hydrogens (primary N) is 1. The highest BCUT2D eigenvalue weighted by Gasteiger charge is 2.07. The molecule has 0 aliphatic carbocycles. The molecular formula is C12H13BrN4O. The first-order valence-corrected chi connectivity index (χ1v) is 6.09. The van der Waals surface area contributed by atoms with Crippen molar-refractivity contribution in [2.75, 3.05) is 12.5 Å². The van der Waals surface area contributed by atoms with Gasteiger partial charge in [-0.2, -0.15) is 0 Å². The van der Waals surface area contributed by atoms with Crippen LogP contribution in [0.4, 0.5) is 5.82 Å². The summed E-state index contributed by atoms with van der Waals surface area (Å²) in [5, 5.41) is 0. The second-order valence-electron chi connectivity index (χ2n) is 3.71. The van der Waals surface area contributed by atoms with Gasteiger partial charge < -0.3 is 10.2 Å². The third-order valence-corrected chi connectivity index (χ3v) is 3.03. The molecule has 0 spiro atoms. The minimum atomic E-state index is 0.587. The number of halogens is 1. The van der Waals surface area contributed by atoms with Crippen molar-refractivity contribution in [3.8, 4) is 17.1 Å². The molecule has 5 nitrogen and oxygen atoms in total. The Labute approximate surface area is 113 Å². The number of hydrogen-bond acceptors (Lipinski definition) is 5. The van der Waals surface area contributed by atoms with Crippen LogP contribution in [0.3, 0.4) is 0 Å². The number of hydrogen-bond donors (Lipinski definition) is 2. The van der Waals surface area contributed by atoms with E-state index in [0.29, 0.717) is 11.6 Å². The van der Waals surface area contributed by atoms with Crippen molar-refractivity contribution in [3.05, 3.63) is 34.4 Å². The van der Waals surface area contributed by atoms with Gasteiger partial charge in [0.15, 0.2) is 5.82 Å². The molecule has 1 aromatic heterocycles. The number of benzene rings is 1. The molecule has 0 unspecified atom stereocenters. The summed E-state index contributed by atoms with van der Waals surface area (Å²) in [6.07, 6.45) is 0. The van der Waals surface area contributed by atoms with Crippen LogP contribution < -0.4 is 16.0 Å². The number of hydrazine groups is 1. The summed E-state index contributed by atoms with van der Waals surface area (Å²) in [5.41, 5.74) is 4.27. The lowest BCUT2D eigenvalue weighted by molar-refractivity contribution is 0.412. The highest BCUT2D eigenvalue weighted by atomic mass is 79.9. The Morgan fingerprint density at radius 2 is 2.06 bits per heavy atom. The molecular weight excluding hydrogens is 296 g/mol. The Morgan fingerprint density at radius 1 is 1.28 bits per heavy atom. The van der Waals surface area contributed by atoms with Gasteiger partial charge in [-0.15, -0.1) is 0 Å². The zero-order valence-electron chi connectivity index (χ0n) is 10.1. The molecule has 1 heterocycles. The van der Waals surface area contributed by atoms with Crippen molar-refractivity contribution >= 4 is 21.7 Å². The van der Waals surface area contributed by atoms with E-state index < -0.39 is 0 Å². The van der Waals surface area contributed by atoms with Crippen molar-refractivity contribution < 1.29 is 4.74 Å². The van der Waals surface area contributed by atoms with Crippen molar-refractivity contribution in [3.63, 3.8) is 0 Å². The second kappa shape index (κ2) is 5.32. The lowest BCUT2D eigenvalue weighted by Crippen LogP contribution is -2.09. The maximum Gasteiger partial charge on any atom is 0.161 e. The van der Waals surface area contributed by atoms with Crippen LogP contribution in [0.2, 0.25) is 0 Å². The Morgan fingerprint density at radius 3 is 2.67 bits per heavy atom. The maximum absolute atomic E-state index is 5.37. The first-order chi connectivity index (χ1) is 8.63. The fraction of sp³-hybridized carbons (Fsp3) is 0.167. The molecule has 0 saturated heterocycles. The zero-order valence-corrected chi connectivity index (χ0v) is 11.7. The fourth-order valence-corrected chi connectivity index (χ4v) is 2.12. The van der Waals surface area contributed by atoms with Gasteiger partial charge in [0, 0.05) is 17.3 Å². The molecule has 18 heavy (non-hydrogen) atoms. The quantitative estimate of drug-likeness (QED) is 0.673. The second-order valence-corrected chi connectivity index (χ2v) is 4.57. The Kier molecular flexibility index (Phi) is 3.78. The Bertz CT molecular complexity index is 574. The van der Waals surface area contributed by atoms with Gasteiger partial charge in [-0.25, -0.2) is 15.8 Å². The predicted octanol–water partition coefficient (Wildman–Crippen LogP) is 2.51. The average Bonchev–Trinajstić information content (AvgIpc) is 2.37. The molecule has 0 saturated carbocycles. The summed E-state index contributed by atoms with van der Waals surface area (Å²) >= 11 is 3.44. The molecule has 94 valence electrons. The summed E-state index contributed by atoms with van der Waals surface area (Å²) in [5.74, 6) is 7.34. The minimum absolute atomic E-state index is 0.587. The third kappa shape index (κ3) is 2.60. The molecule has 3 N–H and O–H groups in total. The van der Waals surface area contributed by atoms with E-state index in [4.69, 9.17) is 10.6 Å². The van der Waals surface area contributed by atoms with Crippen LogP contribution in [-0.4, -0.2) is 17.1 Å². The number of ether oxygens (including phenoxy) is 1. The number of nitrogen functional groups attached to an aromatic ring is 1. The molecule has 0 radical (unpaired) electrons. The topological polar surface area (TPSA) is 73.1 Å². The first kappa shape index (κ1) is 12.8. The number of anilines is 1. The van der Waals surface area contributed by atoms with E-state index in [2.05, 4.69) is 31.3 Å². The van der Waals surface area contributed by atoms with Gasteiger partial charge in [-0.05, 0) is 41.1 Å². The van der Waals surface area contributed by atoms with Gasteiger partial charge in [0.1, 0.15) is 11.6 Å². The van der Waals surface area contributed by atoms with Crippen LogP contribution in [0, 0.1) is 6.92 Å². The lowest BCUT2D eigenvalue weighted by atomic mass is 10.2. The van der Waals surface area contributed by atoms with Crippen LogP contribution in [0.1, 0.15) is 5.69 Å². The van der Waals surface area contributed by atoms with Gasteiger partial charge in [0.05, 0.1) is 11.6 Å². The Hall–Kier alpha value is -1.66. The fourth-order valence-electron chi connectivity index (χ4n) is 1.58. The van der Waals surface area contributed by atoms with E-state index in [9.17, 15) is 0 Å². The molecule has 0 aliphatic rings. The summed E-state index contributed by atoms with van der Waals surface area (Å²) in [7, 11) is 1.62. The molecule has 1 aromatic carbocycles. The number of rotatable bonds is 3. The number of aryl methyl sites for hydroxylation is 1. The molecule has 0 bridgehead atoms. The maximum atomic E-state index is 5.37. The average molecular weight is 309 g/mol. The van der Waals surface area contributed by atoms with Crippen LogP contribution in [0.5, 0.6) is 5.75 Å².